The number of nitrogens with zero attached hydrogens (tertiary/aromatic N) is 4. The molecule has 0 saturated heterocycles. The molecule has 27 heavy (non-hydrogen) atoms. The highest BCUT2D eigenvalue weighted by Crippen LogP contribution is 2.26. The molecule has 0 aliphatic carbocycles. The number of carbonyl (C=O) groups is 1. The lowest BCUT2D eigenvalue weighted by atomic mass is 9.87. The Hall–Kier alpha value is -2.67. The molecule has 0 aliphatic heterocycles. The summed E-state index contributed by atoms with van der Waals surface area (Å²) in [4.78, 5) is 12.6. The van der Waals surface area contributed by atoms with Gasteiger partial charge in [0.15, 0.2) is 0 Å². The smallest absolute Gasteiger partial charge is 0.237 e. The van der Waals surface area contributed by atoms with Crippen LogP contribution in [0.4, 0.5) is 5.69 Å². The van der Waals surface area contributed by atoms with E-state index >= 15 is 0 Å². The topological polar surface area (TPSA) is 72.7 Å². The minimum atomic E-state index is -0.347. The zero-order valence-corrected chi connectivity index (χ0v) is 16.7. The number of tetrazole rings is 1. The number of anilines is 1. The summed E-state index contributed by atoms with van der Waals surface area (Å²) in [5, 5.41) is 15.0. The Morgan fingerprint density at radius 3 is 2.37 bits per heavy atom. The lowest BCUT2D eigenvalue weighted by Crippen LogP contribution is -2.23. The van der Waals surface area contributed by atoms with Gasteiger partial charge in [0.1, 0.15) is 0 Å². The first-order chi connectivity index (χ1) is 12.8. The van der Waals surface area contributed by atoms with Crippen molar-refractivity contribution in [1.82, 2.24) is 20.2 Å². The normalized spacial score (nSPS) is 12.6. The maximum atomic E-state index is 12.6. The van der Waals surface area contributed by atoms with E-state index in [-0.39, 0.29) is 16.6 Å². The number of amides is 1. The summed E-state index contributed by atoms with van der Waals surface area (Å²) in [7, 11) is 0. The molecule has 1 aromatic heterocycles. The number of para-hydroxylation sites is 1. The second-order valence-electron chi connectivity index (χ2n) is 7.29. The summed E-state index contributed by atoms with van der Waals surface area (Å²) in [5.41, 5.74) is 2.95. The first-order valence-corrected chi connectivity index (χ1v) is 9.64. The molecule has 1 atom stereocenters. The van der Waals surface area contributed by atoms with Crippen LogP contribution in [0.5, 0.6) is 0 Å². The Morgan fingerprint density at radius 2 is 1.74 bits per heavy atom. The zero-order chi connectivity index (χ0) is 19.4. The van der Waals surface area contributed by atoms with Crippen molar-refractivity contribution in [3.8, 4) is 5.69 Å². The Balaban J connectivity index is 1.66. The van der Waals surface area contributed by atoms with Crippen molar-refractivity contribution < 1.29 is 4.79 Å². The van der Waals surface area contributed by atoms with Gasteiger partial charge in [0.2, 0.25) is 11.1 Å². The third-order valence-corrected chi connectivity index (χ3v) is 5.14. The van der Waals surface area contributed by atoms with Crippen molar-refractivity contribution >= 4 is 23.4 Å². The molecule has 1 heterocycles. The lowest BCUT2D eigenvalue weighted by Gasteiger charge is -2.19. The van der Waals surface area contributed by atoms with Gasteiger partial charge in [-0.1, -0.05) is 62.9 Å². The van der Waals surface area contributed by atoms with Crippen LogP contribution in [0.1, 0.15) is 33.3 Å². The molecular formula is C20H23N5OS. The summed E-state index contributed by atoms with van der Waals surface area (Å²) in [6.45, 7) is 8.33. The summed E-state index contributed by atoms with van der Waals surface area (Å²) in [5.74, 6) is -0.0916. The van der Waals surface area contributed by atoms with Gasteiger partial charge in [0, 0.05) is 5.69 Å². The van der Waals surface area contributed by atoms with Gasteiger partial charge in [-0.25, -0.2) is 0 Å². The number of hydrogen-bond acceptors (Lipinski definition) is 5. The fraction of sp³-hybridized carbons (Fsp3) is 0.300. The number of nitrogens with one attached hydrogen (secondary N) is 1. The number of carbonyl (C=O) groups excluding carboxylic acids is 1. The maximum absolute atomic E-state index is 12.6. The molecule has 0 saturated carbocycles. The molecule has 140 valence electrons. The maximum Gasteiger partial charge on any atom is 0.237 e. The zero-order valence-electron chi connectivity index (χ0n) is 15.9. The highest BCUT2D eigenvalue weighted by atomic mass is 32.2. The van der Waals surface area contributed by atoms with Crippen molar-refractivity contribution in [1.29, 1.82) is 0 Å². The minimum absolute atomic E-state index is 0.0835. The van der Waals surface area contributed by atoms with Gasteiger partial charge in [-0.2, -0.15) is 4.68 Å². The Labute approximate surface area is 163 Å². The van der Waals surface area contributed by atoms with Gasteiger partial charge < -0.3 is 5.32 Å². The molecule has 1 amide bonds. The molecule has 1 N–H and O–H groups in total. The van der Waals surface area contributed by atoms with Gasteiger partial charge in [0.05, 0.1) is 10.9 Å². The van der Waals surface area contributed by atoms with Crippen LogP contribution in [0.3, 0.4) is 0 Å². The Bertz CT molecular complexity index is 900. The average Bonchev–Trinajstić information content (AvgIpc) is 3.10. The molecule has 0 radical (unpaired) electrons. The number of benzene rings is 2. The summed E-state index contributed by atoms with van der Waals surface area (Å²) >= 11 is 1.32. The quantitative estimate of drug-likeness (QED) is 0.674. The van der Waals surface area contributed by atoms with E-state index in [2.05, 4.69) is 41.6 Å². The lowest BCUT2D eigenvalue weighted by molar-refractivity contribution is -0.115. The molecule has 3 rings (SSSR count). The molecule has 6 nitrogen and oxygen atoms in total. The van der Waals surface area contributed by atoms with Gasteiger partial charge in [0.25, 0.3) is 0 Å². The van der Waals surface area contributed by atoms with E-state index in [9.17, 15) is 4.79 Å². The minimum Gasteiger partial charge on any atom is -0.325 e. The third kappa shape index (κ3) is 4.74. The number of thioether (sulfide) groups is 1. The summed E-state index contributed by atoms with van der Waals surface area (Å²) < 4.78 is 1.63. The van der Waals surface area contributed by atoms with E-state index in [1.54, 1.807) is 4.68 Å². The fourth-order valence-corrected chi connectivity index (χ4v) is 3.30. The second kappa shape index (κ2) is 7.92. The predicted molar refractivity (Wildman–Crippen MR) is 108 cm³/mol. The molecule has 0 fully saturated rings. The molecule has 0 spiro atoms. The van der Waals surface area contributed by atoms with Crippen LogP contribution in [0.25, 0.3) is 5.69 Å². The second-order valence-corrected chi connectivity index (χ2v) is 8.59. The first kappa shape index (κ1) is 19.1. The van der Waals surface area contributed by atoms with E-state index in [0.29, 0.717) is 5.16 Å². The average molecular weight is 382 g/mol. The summed E-state index contributed by atoms with van der Waals surface area (Å²) in [6, 6.07) is 17.6. The molecule has 0 aliphatic rings. The number of aromatic nitrogens is 4. The monoisotopic (exact) mass is 381 g/mol. The van der Waals surface area contributed by atoms with Crippen molar-refractivity contribution in [2.24, 2.45) is 0 Å². The van der Waals surface area contributed by atoms with Gasteiger partial charge in [-0.15, -0.1) is 5.10 Å². The van der Waals surface area contributed by atoms with Crippen LogP contribution < -0.4 is 5.32 Å². The van der Waals surface area contributed by atoms with Gasteiger partial charge in [-0.05, 0) is 52.6 Å². The predicted octanol–water partition coefficient (Wildman–Crippen LogP) is 4.08. The molecule has 3 aromatic rings. The van der Waals surface area contributed by atoms with Gasteiger partial charge >= 0.3 is 0 Å². The van der Waals surface area contributed by atoms with Crippen LogP contribution >= 0.6 is 11.8 Å². The molecule has 1 unspecified atom stereocenters. The van der Waals surface area contributed by atoms with Crippen LogP contribution in [0, 0.1) is 0 Å². The molecule has 2 aromatic carbocycles. The van der Waals surface area contributed by atoms with E-state index in [1.807, 2.05) is 61.5 Å². The number of hydrogen-bond donors (Lipinski definition) is 1. The van der Waals surface area contributed by atoms with Crippen molar-refractivity contribution in [2.75, 3.05) is 5.32 Å². The van der Waals surface area contributed by atoms with Gasteiger partial charge in [-0.3, -0.25) is 4.79 Å². The van der Waals surface area contributed by atoms with E-state index < -0.39 is 0 Å². The van der Waals surface area contributed by atoms with Crippen LogP contribution in [-0.4, -0.2) is 31.4 Å². The van der Waals surface area contributed by atoms with Crippen LogP contribution in [0.15, 0.2) is 59.8 Å². The Kier molecular flexibility index (Phi) is 5.60. The highest BCUT2D eigenvalue weighted by molar-refractivity contribution is 8.00. The fourth-order valence-electron chi connectivity index (χ4n) is 2.49. The van der Waals surface area contributed by atoms with Crippen molar-refractivity contribution in [2.45, 2.75) is 43.5 Å². The van der Waals surface area contributed by atoms with E-state index in [0.717, 1.165) is 11.4 Å². The molecule has 0 bridgehead atoms. The largest absolute Gasteiger partial charge is 0.325 e. The standard InChI is InChI=1S/C20H23N5OS/c1-14(18(26)21-16-12-10-15(11-13-16)20(2,3)4)27-19-22-23-24-25(19)17-8-6-5-7-9-17/h5-14H,1-4H3,(H,21,26). The summed E-state index contributed by atoms with van der Waals surface area (Å²) in [6.07, 6.45) is 0. The van der Waals surface area contributed by atoms with Crippen LogP contribution in [0.2, 0.25) is 0 Å². The van der Waals surface area contributed by atoms with Crippen molar-refractivity contribution in [3.63, 3.8) is 0 Å². The third-order valence-electron chi connectivity index (χ3n) is 4.11. The molecular weight excluding hydrogens is 358 g/mol. The highest BCUT2D eigenvalue weighted by Gasteiger charge is 2.20. The number of rotatable bonds is 5. The SMILES string of the molecule is CC(Sc1nnnn1-c1ccccc1)C(=O)Nc1ccc(C(C)(C)C)cc1. The first-order valence-electron chi connectivity index (χ1n) is 8.76. The Morgan fingerprint density at radius 1 is 1.07 bits per heavy atom. The molecule has 7 heteroatoms. The van der Waals surface area contributed by atoms with E-state index in [1.165, 1.54) is 17.3 Å². The van der Waals surface area contributed by atoms with Crippen molar-refractivity contribution in [3.05, 3.63) is 60.2 Å². The van der Waals surface area contributed by atoms with E-state index in [4.69, 9.17) is 0 Å². The van der Waals surface area contributed by atoms with Crippen LogP contribution in [-0.2, 0) is 10.2 Å².